The van der Waals surface area contributed by atoms with Crippen LogP contribution in [0.4, 0.5) is 5.95 Å². The van der Waals surface area contributed by atoms with Gasteiger partial charge in [-0.05, 0) is 43.7 Å². The Balaban J connectivity index is 2.23. The van der Waals surface area contributed by atoms with Crippen molar-refractivity contribution < 1.29 is 0 Å². The van der Waals surface area contributed by atoms with Gasteiger partial charge in [-0.2, -0.15) is 5.10 Å². The maximum atomic E-state index is 4.61. The molecule has 0 unspecified atom stereocenters. The Morgan fingerprint density at radius 1 is 1.04 bits per heavy atom. The number of aromatic nitrogens is 2. The van der Waals surface area contributed by atoms with Gasteiger partial charge in [0.05, 0.1) is 5.71 Å². The van der Waals surface area contributed by atoms with E-state index in [4.69, 9.17) is 0 Å². The van der Waals surface area contributed by atoms with Crippen molar-refractivity contribution in [2.24, 2.45) is 11.0 Å². The van der Waals surface area contributed by atoms with Gasteiger partial charge in [-0.25, -0.2) is 15.4 Å². The summed E-state index contributed by atoms with van der Waals surface area (Å²) in [5.41, 5.74) is 8.74. The Hall–Kier alpha value is -2.23. The van der Waals surface area contributed by atoms with E-state index < -0.39 is 0 Å². The van der Waals surface area contributed by atoms with E-state index >= 15 is 0 Å². The first-order chi connectivity index (χ1) is 12.5. The number of hydrogen-bond donors (Lipinski definition) is 1. The average Bonchev–Trinajstić information content (AvgIpc) is 2.60. The van der Waals surface area contributed by atoms with Gasteiger partial charge in [0.1, 0.15) is 0 Å². The summed E-state index contributed by atoms with van der Waals surface area (Å²) in [5.74, 6) is 1.21. The molecule has 2 rings (SSSR count). The largest absolute Gasteiger partial charge is 0.245 e. The summed E-state index contributed by atoms with van der Waals surface area (Å²) in [5, 5.41) is 4.58. The molecule has 0 saturated carbocycles. The Labute approximate surface area is 158 Å². The van der Waals surface area contributed by atoms with Crippen molar-refractivity contribution >= 4 is 11.7 Å². The Kier molecular flexibility index (Phi) is 7.76. The van der Waals surface area contributed by atoms with Crippen molar-refractivity contribution in [1.82, 2.24) is 9.97 Å². The van der Waals surface area contributed by atoms with Crippen LogP contribution in [-0.2, 0) is 19.3 Å². The van der Waals surface area contributed by atoms with Crippen molar-refractivity contribution in [3.8, 4) is 0 Å². The molecule has 0 aliphatic rings. The van der Waals surface area contributed by atoms with Crippen molar-refractivity contribution in [3.63, 3.8) is 0 Å². The van der Waals surface area contributed by atoms with Gasteiger partial charge < -0.3 is 0 Å². The quantitative estimate of drug-likeness (QED) is 0.484. The van der Waals surface area contributed by atoms with E-state index in [-0.39, 0.29) is 0 Å². The van der Waals surface area contributed by atoms with Gasteiger partial charge in [0.25, 0.3) is 0 Å². The lowest BCUT2D eigenvalue weighted by Crippen LogP contribution is -2.08. The molecule has 0 aliphatic carbocycles. The lowest BCUT2D eigenvalue weighted by atomic mass is 9.96. The molecule has 4 nitrogen and oxygen atoms in total. The summed E-state index contributed by atoms with van der Waals surface area (Å²) >= 11 is 0. The second-order valence-electron chi connectivity index (χ2n) is 7.24. The van der Waals surface area contributed by atoms with Crippen LogP contribution in [0.1, 0.15) is 70.0 Å². The third-order valence-electron chi connectivity index (χ3n) is 4.20. The van der Waals surface area contributed by atoms with E-state index in [0.29, 0.717) is 11.9 Å². The van der Waals surface area contributed by atoms with E-state index in [1.807, 2.05) is 6.92 Å². The fourth-order valence-electron chi connectivity index (χ4n) is 3.06. The third kappa shape index (κ3) is 5.94. The van der Waals surface area contributed by atoms with Crippen LogP contribution in [0.2, 0.25) is 0 Å². The Morgan fingerprint density at radius 2 is 1.65 bits per heavy atom. The van der Waals surface area contributed by atoms with Gasteiger partial charge in [0.15, 0.2) is 0 Å². The van der Waals surface area contributed by atoms with Gasteiger partial charge in [0.2, 0.25) is 5.95 Å². The van der Waals surface area contributed by atoms with E-state index in [1.54, 1.807) is 0 Å². The second kappa shape index (κ2) is 10.0. The monoisotopic (exact) mass is 352 g/mol. The second-order valence-corrected chi connectivity index (χ2v) is 7.24. The average molecular weight is 353 g/mol. The molecule has 0 saturated heterocycles. The van der Waals surface area contributed by atoms with Crippen molar-refractivity contribution in [3.05, 3.63) is 52.8 Å². The molecule has 2 aromatic rings. The first kappa shape index (κ1) is 20.1. The van der Waals surface area contributed by atoms with Crippen molar-refractivity contribution in [1.29, 1.82) is 0 Å². The van der Waals surface area contributed by atoms with Gasteiger partial charge in [-0.1, -0.05) is 64.8 Å². The molecule has 26 heavy (non-hydrogen) atoms. The topological polar surface area (TPSA) is 50.2 Å². The van der Waals surface area contributed by atoms with Crippen LogP contribution in [0.15, 0.2) is 35.4 Å². The Morgan fingerprint density at radius 3 is 2.23 bits per heavy atom. The molecule has 0 bridgehead atoms. The normalized spacial score (nSPS) is 11.8. The number of hydrazone groups is 1. The lowest BCUT2D eigenvalue weighted by Gasteiger charge is -2.12. The number of aryl methyl sites for hydroxylation is 2. The summed E-state index contributed by atoms with van der Waals surface area (Å²) in [6, 6.07) is 10.6. The highest BCUT2D eigenvalue weighted by Gasteiger charge is 2.08. The zero-order chi connectivity index (χ0) is 18.9. The van der Waals surface area contributed by atoms with Crippen LogP contribution in [0.3, 0.4) is 0 Å². The first-order valence-corrected chi connectivity index (χ1v) is 9.78. The van der Waals surface area contributed by atoms with Crippen LogP contribution in [-0.4, -0.2) is 15.7 Å². The van der Waals surface area contributed by atoms with E-state index in [9.17, 15) is 0 Å². The fourth-order valence-corrected chi connectivity index (χ4v) is 3.06. The standard InChI is InChI=1S/C22H32N4/c1-6-10-19-15-20(11-7-2)24-22(23-19)26-25-17(5)21-13-9-8-12-18(21)14-16(3)4/h8-9,12-13,15-16H,6-7,10-11,14H2,1-5H3,(H,23,24,26). The van der Waals surface area contributed by atoms with Gasteiger partial charge >= 0.3 is 0 Å². The van der Waals surface area contributed by atoms with E-state index in [1.165, 1.54) is 11.1 Å². The minimum Gasteiger partial charge on any atom is -0.245 e. The molecule has 1 aromatic heterocycles. The van der Waals surface area contributed by atoms with E-state index in [0.717, 1.165) is 49.2 Å². The molecule has 0 radical (unpaired) electrons. The molecule has 1 heterocycles. The van der Waals surface area contributed by atoms with E-state index in [2.05, 4.69) is 78.5 Å². The van der Waals surface area contributed by atoms with Gasteiger partial charge in [-0.3, -0.25) is 0 Å². The molecule has 0 fully saturated rings. The van der Waals surface area contributed by atoms with Gasteiger partial charge in [-0.15, -0.1) is 0 Å². The molecule has 0 atom stereocenters. The number of rotatable bonds is 9. The smallest absolute Gasteiger partial charge is 0.243 e. The summed E-state index contributed by atoms with van der Waals surface area (Å²) in [6.45, 7) is 10.9. The maximum absolute atomic E-state index is 4.61. The minimum absolute atomic E-state index is 0.597. The SMILES string of the molecule is CCCc1cc(CCC)nc(NN=C(C)c2ccccc2CC(C)C)n1. The van der Waals surface area contributed by atoms with Crippen LogP contribution >= 0.6 is 0 Å². The van der Waals surface area contributed by atoms with Crippen molar-refractivity contribution in [2.75, 3.05) is 5.43 Å². The van der Waals surface area contributed by atoms with Crippen LogP contribution in [0.5, 0.6) is 0 Å². The number of hydrogen-bond acceptors (Lipinski definition) is 4. The zero-order valence-electron chi connectivity index (χ0n) is 16.8. The van der Waals surface area contributed by atoms with Gasteiger partial charge in [0, 0.05) is 17.0 Å². The molecule has 4 heteroatoms. The molecule has 1 N–H and O–H groups in total. The highest BCUT2D eigenvalue weighted by atomic mass is 15.4. The highest BCUT2D eigenvalue weighted by Crippen LogP contribution is 2.15. The maximum Gasteiger partial charge on any atom is 0.243 e. The molecule has 140 valence electrons. The predicted octanol–water partition coefficient (Wildman–Crippen LogP) is 5.42. The molecular formula is C22H32N4. The predicted molar refractivity (Wildman–Crippen MR) is 111 cm³/mol. The van der Waals surface area contributed by atoms with Crippen LogP contribution in [0, 0.1) is 5.92 Å². The first-order valence-electron chi connectivity index (χ1n) is 9.78. The summed E-state index contributed by atoms with van der Waals surface area (Å²) in [4.78, 5) is 9.23. The molecule has 1 aromatic carbocycles. The summed E-state index contributed by atoms with van der Waals surface area (Å²) in [7, 11) is 0. The Bertz CT molecular complexity index is 710. The molecule has 0 aliphatic heterocycles. The zero-order valence-corrected chi connectivity index (χ0v) is 16.8. The highest BCUT2D eigenvalue weighted by molar-refractivity contribution is 6.00. The number of nitrogens with one attached hydrogen (secondary N) is 1. The lowest BCUT2D eigenvalue weighted by molar-refractivity contribution is 0.646. The number of nitrogens with zero attached hydrogens (tertiary/aromatic N) is 3. The third-order valence-corrected chi connectivity index (χ3v) is 4.20. The molecular weight excluding hydrogens is 320 g/mol. The summed E-state index contributed by atoms with van der Waals surface area (Å²) in [6.07, 6.45) is 5.13. The summed E-state index contributed by atoms with van der Waals surface area (Å²) < 4.78 is 0. The number of anilines is 1. The van der Waals surface area contributed by atoms with Crippen molar-refractivity contribution in [2.45, 2.75) is 66.7 Å². The van der Waals surface area contributed by atoms with Crippen LogP contribution in [0.25, 0.3) is 0 Å². The van der Waals surface area contributed by atoms with Crippen LogP contribution < -0.4 is 5.43 Å². The molecule has 0 amide bonds. The molecule has 0 spiro atoms. The minimum atomic E-state index is 0.597. The number of benzene rings is 1. The fraction of sp³-hybridized carbons (Fsp3) is 0.500.